The number of piperidine rings is 1. The minimum Gasteiger partial charge on any atom is -0.315 e. The van der Waals surface area contributed by atoms with Crippen LogP contribution in [0.3, 0.4) is 0 Å². The average molecular weight is 319 g/mol. The van der Waals surface area contributed by atoms with Gasteiger partial charge in [-0.2, -0.15) is 0 Å². The molecule has 0 spiro atoms. The number of nitrogens with one attached hydrogen (secondary N) is 2. The van der Waals surface area contributed by atoms with E-state index in [0.717, 1.165) is 25.5 Å². The van der Waals surface area contributed by atoms with Crippen molar-refractivity contribution in [2.75, 3.05) is 13.1 Å². The Hall–Kier alpha value is -1.00. The van der Waals surface area contributed by atoms with Gasteiger partial charge in [0.1, 0.15) is 0 Å². The summed E-state index contributed by atoms with van der Waals surface area (Å²) in [6.07, 6.45) is 1.64. The summed E-state index contributed by atoms with van der Waals surface area (Å²) < 4.78 is 49.5. The van der Waals surface area contributed by atoms with E-state index in [1.165, 1.54) is 18.2 Å². The summed E-state index contributed by atoms with van der Waals surface area (Å²) in [5, 5.41) is 8.10. The lowest BCUT2D eigenvalue weighted by atomic mass is 10.1. The fourth-order valence-electron chi connectivity index (χ4n) is 2.06. The molecule has 1 fully saturated rings. The third-order valence-electron chi connectivity index (χ3n) is 3.06. The zero-order chi connectivity index (χ0) is 14.8. The van der Waals surface area contributed by atoms with Gasteiger partial charge < -0.3 is 5.32 Å². The Labute approximate surface area is 118 Å². The summed E-state index contributed by atoms with van der Waals surface area (Å²) in [6, 6.07) is 4.83. The van der Waals surface area contributed by atoms with Crippen LogP contribution in [-0.4, -0.2) is 36.0 Å². The third kappa shape index (κ3) is 3.76. The second-order valence-electron chi connectivity index (χ2n) is 4.68. The smallest absolute Gasteiger partial charge is 0.240 e. The molecule has 1 saturated heterocycles. The van der Waals surface area contributed by atoms with Crippen molar-refractivity contribution in [3.8, 4) is 0 Å². The van der Waals surface area contributed by atoms with E-state index >= 15 is 0 Å². The summed E-state index contributed by atoms with van der Waals surface area (Å²) in [7, 11) is -7.68. The van der Waals surface area contributed by atoms with Crippen molar-refractivity contribution in [1.29, 1.82) is 0 Å². The molecule has 2 rings (SSSR count). The van der Waals surface area contributed by atoms with Gasteiger partial charge in [-0.05, 0) is 37.6 Å². The van der Waals surface area contributed by atoms with Gasteiger partial charge >= 0.3 is 0 Å². The van der Waals surface area contributed by atoms with Gasteiger partial charge in [-0.25, -0.2) is 26.7 Å². The summed E-state index contributed by atoms with van der Waals surface area (Å²) in [5.74, 6) is 0. The van der Waals surface area contributed by atoms with Crippen molar-refractivity contribution in [1.82, 2.24) is 10.0 Å². The van der Waals surface area contributed by atoms with Gasteiger partial charge in [-0.15, -0.1) is 0 Å². The first-order valence-corrected chi connectivity index (χ1v) is 9.18. The van der Waals surface area contributed by atoms with Crippen LogP contribution in [-0.2, 0) is 20.0 Å². The minimum absolute atomic E-state index is 0.102. The highest BCUT2D eigenvalue weighted by Gasteiger charge is 2.22. The molecule has 0 aromatic heterocycles. The first-order valence-electron chi connectivity index (χ1n) is 6.15. The number of hydrogen-bond acceptors (Lipinski definition) is 5. The molecule has 1 aliphatic heterocycles. The van der Waals surface area contributed by atoms with E-state index in [-0.39, 0.29) is 15.8 Å². The molecule has 0 radical (unpaired) electrons. The molecule has 9 heteroatoms. The molecule has 0 bridgehead atoms. The molecule has 112 valence electrons. The van der Waals surface area contributed by atoms with Crippen LogP contribution in [0.25, 0.3) is 0 Å². The Morgan fingerprint density at radius 3 is 2.50 bits per heavy atom. The quantitative estimate of drug-likeness (QED) is 0.682. The van der Waals surface area contributed by atoms with E-state index in [0.29, 0.717) is 6.54 Å². The van der Waals surface area contributed by atoms with E-state index < -0.39 is 20.0 Å². The number of nitrogens with two attached hydrogens (primary N) is 1. The summed E-state index contributed by atoms with van der Waals surface area (Å²) >= 11 is 0. The summed E-state index contributed by atoms with van der Waals surface area (Å²) in [5.41, 5.74) is 0. The van der Waals surface area contributed by atoms with Gasteiger partial charge in [0.25, 0.3) is 0 Å². The predicted octanol–water partition coefficient (Wildman–Crippen LogP) is -0.636. The summed E-state index contributed by atoms with van der Waals surface area (Å²) in [6.45, 7) is 1.44. The predicted molar refractivity (Wildman–Crippen MR) is 74.0 cm³/mol. The van der Waals surface area contributed by atoms with Crippen molar-refractivity contribution >= 4 is 20.0 Å². The van der Waals surface area contributed by atoms with Crippen molar-refractivity contribution in [3.63, 3.8) is 0 Å². The molecule has 1 aromatic carbocycles. The lowest BCUT2D eigenvalue weighted by Gasteiger charge is -2.23. The second-order valence-corrected chi connectivity index (χ2v) is 7.96. The van der Waals surface area contributed by atoms with Crippen LogP contribution >= 0.6 is 0 Å². The number of sulfonamides is 2. The van der Waals surface area contributed by atoms with Crippen LogP contribution in [0, 0.1) is 0 Å². The van der Waals surface area contributed by atoms with Gasteiger partial charge in [0, 0.05) is 12.6 Å². The van der Waals surface area contributed by atoms with Gasteiger partial charge in [-0.3, -0.25) is 0 Å². The molecule has 20 heavy (non-hydrogen) atoms. The lowest BCUT2D eigenvalue weighted by molar-refractivity contribution is 0.428. The molecule has 0 amide bonds. The highest BCUT2D eigenvalue weighted by atomic mass is 32.2. The van der Waals surface area contributed by atoms with Crippen molar-refractivity contribution in [3.05, 3.63) is 24.3 Å². The molecule has 0 unspecified atom stereocenters. The number of primary sulfonamides is 1. The van der Waals surface area contributed by atoms with Crippen molar-refractivity contribution in [2.45, 2.75) is 28.7 Å². The highest BCUT2D eigenvalue weighted by Crippen LogP contribution is 2.16. The molecule has 1 heterocycles. The second kappa shape index (κ2) is 5.78. The maximum atomic E-state index is 12.2. The summed E-state index contributed by atoms with van der Waals surface area (Å²) in [4.78, 5) is -0.322. The first kappa shape index (κ1) is 15.4. The lowest BCUT2D eigenvalue weighted by Crippen LogP contribution is -2.45. The topological polar surface area (TPSA) is 118 Å². The molecule has 7 nitrogen and oxygen atoms in total. The van der Waals surface area contributed by atoms with Gasteiger partial charge in [0.05, 0.1) is 9.79 Å². The fraction of sp³-hybridized carbons (Fsp3) is 0.455. The van der Waals surface area contributed by atoms with Crippen molar-refractivity contribution < 1.29 is 16.8 Å². The van der Waals surface area contributed by atoms with E-state index in [1.807, 2.05) is 0 Å². The Kier molecular flexibility index (Phi) is 4.45. The monoisotopic (exact) mass is 319 g/mol. The SMILES string of the molecule is NS(=O)(=O)c1cccc(S(=O)(=O)N[C@@H]2CCCNC2)c1. The zero-order valence-electron chi connectivity index (χ0n) is 10.7. The van der Waals surface area contributed by atoms with Crippen LogP contribution in [0.1, 0.15) is 12.8 Å². The Bertz CT molecular complexity index is 679. The standard InChI is InChI=1S/C11H17N3O4S2/c12-19(15,16)10-4-1-5-11(7-10)20(17,18)14-9-3-2-6-13-8-9/h1,4-5,7,9,13-14H,2-3,6,8H2,(H2,12,15,16)/t9-/m1/s1. The van der Waals surface area contributed by atoms with Crippen molar-refractivity contribution in [2.24, 2.45) is 5.14 Å². The molecule has 1 aromatic rings. The Morgan fingerprint density at radius 2 is 1.90 bits per heavy atom. The van der Waals surface area contributed by atoms with Gasteiger partial charge in [-0.1, -0.05) is 6.07 Å². The van der Waals surface area contributed by atoms with E-state index in [4.69, 9.17) is 5.14 Å². The van der Waals surface area contributed by atoms with E-state index in [9.17, 15) is 16.8 Å². The molecule has 4 N–H and O–H groups in total. The highest BCUT2D eigenvalue weighted by molar-refractivity contribution is 7.90. The number of hydrogen-bond donors (Lipinski definition) is 3. The molecule has 0 aliphatic carbocycles. The van der Waals surface area contributed by atoms with Gasteiger partial charge in [0.2, 0.25) is 20.0 Å². The normalized spacial score (nSPS) is 20.8. The molecular weight excluding hydrogens is 302 g/mol. The average Bonchev–Trinajstić information content (AvgIpc) is 2.38. The maximum absolute atomic E-state index is 12.2. The number of benzene rings is 1. The Balaban J connectivity index is 2.25. The molecular formula is C11H17N3O4S2. The molecule has 0 saturated carbocycles. The largest absolute Gasteiger partial charge is 0.315 e. The first-order chi connectivity index (χ1) is 9.29. The Morgan fingerprint density at radius 1 is 1.20 bits per heavy atom. The van der Waals surface area contributed by atoms with Crippen LogP contribution in [0.15, 0.2) is 34.1 Å². The van der Waals surface area contributed by atoms with Gasteiger partial charge in [0.15, 0.2) is 0 Å². The van der Waals surface area contributed by atoms with E-state index in [2.05, 4.69) is 10.0 Å². The fourth-order valence-corrected chi connectivity index (χ4v) is 4.01. The van der Waals surface area contributed by atoms with Crippen LogP contribution in [0.5, 0.6) is 0 Å². The maximum Gasteiger partial charge on any atom is 0.240 e. The molecule has 1 aliphatic rings. The van der Waals surface area contributed by atoms with Crippen LogP contribution in [0.2, 0.25) is 0 Å². The zero-order valence-corrected chi connectivity index (χ0v) is 12.4. The minimum atomic E-state index is -3.92. The number of rotatable bonds is 4. The van der Waals surface area contributed by atoms with Crippen LogP contribution in [0.4, 0.5) is 0 Å². The van der Waals surface area contributed by atoms with E-state index in [1.54, 1.807) is 0 Å². The van der Waals surface area contributed by atoms with Crippen LogP contribution < -0.4 is 15.2 Å². The molecule has 1 atom stereocenters. The third-order valence-corrected chi connectivity index (χ3v) is 5.49.